The van der Waals surface area contributed by atoms with Gasteiger partial charge in [0.1, 0.15) is 16.5 Å². The number of hydrogen-bond acceptors (Lipinski definition) is 8. The Hall–Kier alpha value is -3.74. The fraction of sp³-hybridized carbons (Fsp3) is 0.371. The van der Waals surface area contributed by atoms with Crippen LogP contribution in [0.2, 0.25) is 0 Å². The first-order valence-corrected chi connectivity index (χ1v) is 17.4. The smallest absolute Gasteiger partial charge is 0.416 e. The van der Waals surface area contributed by atoms with Crippen LogP contribution in [0.3, 0.4) is 0 Å². The Morgan fingerprint density at radius 3 is 2.34 bits per heavy atom. The van der Waals surface area contributed by atoms with Crippen LogP contribution in [0.25, 0.3) is 10.6 Å². The van der Waals surface area contributed by atoms with E-state index in [1.165, 1.54) is 23.5 Å². The number of aliphatic carboxylic acids is 1. The van der Waals surface area contributed by atoms with Gasteiger partial charge in [-0.1, -0.05) is 25.5 Å². The lowest BCUT2D eigenvalue weighted by molar-refractivity contribution is -0.139. The molecule has 1 N–H and O–H groups in total. The Bertz CT molecular complexity index is 1620. The number of aromatic nitrogens is 1. The second-order valence-corrected chi connectivity index (χ2v) is 13.3. The molecule has 0 radical (unpaired) electrons. The maximum absolute atomic E-state index is 13.2. The molecular weight excluding hydrogens is 648 g/mol. The third-order valence-electron chi connectivity index (χ3n) is 7.77. The van der Waals surface area contributed by atoms with Crippen molar-refractivity contribution in [3.05, 3.63) is 88.4 Å². The topological polar surface area (TPSA) is 75.1 Å². The largest absolute Gasteiger partial charge is 0.494 e. The molecule has 47 heavy (non-hydrogen) atoms. The van der Waals surface area contributed by atoms with E-state index in [1.807, 2.05) is 37.3 Å². The maximum Gasteiger partial charge on any atom is 0.416 e. The van der Waals surface area contributed by atoms with Gasteiger partial charge in [0, 0.05) is 59.5 Å². The molecule has 3 aromatic carbocycles. The van der Waals surface area contributed by atoms with E-state index in [9.17, 15) is 18.0 Å². The minimum absolute atomic E-state index is 0.394. The molecule has 0 aliphatic carbocycles. The summed E-state index contributed by atoms with van der Waals surface area (Å²) < 4.78 is 50.7. The van der Waals surface area contributed by atoms with Gasteiger partial charge in [0.05, 0.1) is 17.9 Å². The summed E-state index contributed by atoms with van der Waals surface area (Å²) in [6.07, 6.45) is -2.75. The summed E-state index contributed by atoms with van der Waals surface area (Å²) in [5, 5.41) is 9.73. The number of benzene rings is 3. The van der Waals surface area contributed by atoms with Crippen LogP contribution in [0, 0.1) is 0 Å². The van der Waals surface area contributed by atoms with Crippen LogP contribution < -0.4 is 14.4 Å². The highest BCUT2D eigenvalue weighted by Crippen LogP contribution is 2.37. The molecular formula is C35H38F3N3O4S2. The summed E-state index contributed by atoms with van der Waals surface area (Å²) in [6.45, 7) is 8.35. The van der Waals surface area contributed by atoms with E-state index in [4.69, 9.17) is 19.6 Å². The number of ether oxygens (including phenoxy) is 2. The number of nitrogens with zero attached hydrogens (tertiary/aromatic N) is 3. The molecule has 1 aliphatic heterocycles. The molecule has 2 heterocycles. The van der Waals surface area contributed by atoms with Gasteiger partial charge in [0.15, 0.2) is 6.61 Å². The van der Waals surface area contributed by atoms with E-state index in [0.29, 0.717) is 35.2 Å². The Kier molecular flexibility index (Phi) is 11.7. The molecule has 0 atom stereocenters. The number of aryl methyl sites for hydroxylation is 1. The van der Waals surface area contributed by atoms with Crippen molar-refractivity contribution in [3.8, 4) is 22.1 Å². The Balaban J connectivity index is 1.32. The van der Waals surface area contributed by atoms with Crippen molar-refractivity contribution in [1.82, 2.24) is 9.88 Å². The SMILES string of the molecule is CCCc1cc(SCc2sc(-c3ccc(C(F)(F)F)cc3)nc2CN2CCN(c3ccc(OCC)cc3)CC2)ccc1OCC(=O)O. The average molecular weight is 686 g/mol. The van der Waals surface area contributed by atoms with Gasteiger partial charge < -0.3 is 19.5 Å². The Morgan fingerprint density at radius 2 is 1.70 bits per heavy atom. The number of thiazole rings is 1. The quantitative estimate of drug-likeness (QED) is 0.133. The van der Waals surface area contributed by atoms with Gasteiger partial charge in [-0.25, -0.2) is 9.78 Å². The van der Waals surface area contributed by atoms with E-state index >= 15 is 0 Å². The zero-order valence-corrected chi connectivity index (χ0v) is 28.0. The number of halogens is 3. The second kappa shape index (κ2) is 15.9. The van der Waals surface area contributed by atoms with Gasteiger partial charge in [-0.3, -0.25) is 4.90 Å². The van der Waals surface area contributed by atoms with Crippen LogP contribution in [0.15, 0.2) is 71.6 Å². The van der Waals surface area contributed by atoms with E-state index < -0.39 is 24.3 Å². The van der Waals surface area contributed by atoms with Crippen molar-refractivity contribution in [2.24, 2.45) is 0 Å². The van der Waals surface area contributed by atoms with Crippen LogP contribution in [-0.2, 0) is 29.7 Å². The summed E-state index contributed by atoms with van der Waals surface area (Å²) in [4.78, 5) is 22.8. The van der Waals surface area contributed by atoms with Crippen LogP contribution in [-0.4, -0.2) is 60.4 Å². The molecule has 0 spiro atoms. The number of alkyl halides is 3. The standard InChI is InChI=1S/C35H38F3N3O4S2/c1-3-5-25-20-29(14-15-31(25)45-22-33(42)43)46-23-32-30(39-34(47-32)24-6-8-26(9-7-24)35(36,37)38)21-40-16-18-41(19-17-40)27-10-12-28(13-11-27)44-4-2/h6-15,20H,3-5,16-19,21-23H2,1-2H3,(H,42,43). The molecule has 0 amide bonds. The molecule has 7 nitrogen and oxygen atoms in total. The average Bonchev–Trinajstić information content (AvgIpc) is 3.46. The van der Waals surface area contributed by atoms with Crippen molar-refractivity contribution >= 4 is 34.8 Å². The van der Waals surface area contributed by atoms with Gasteiger partial charge >= 0.3 is 12.1 Å². The number of carboxylic acids is 1. The number of carboxylic acid groups (broad SMARTS) is 1. The zero-order chi connectivity index (χ0) is 33.4. The van der Waals surface area contributed by atoms with E-state index in [0.717, 1.165) is 83.6 Å². The molecule has 5 rings (SSSR count). The molecule has 1 saturated heterocycles. The number of rotatable bonds is 14. The van der Waals surface area contributed by atoms with Gasteiger partial charge in [0.2, 0.25) is 0 Å². The molecule has 4 aromatic rings. The van der Waals surface area contributed by atoms with Gasteiger partial charge in [-0.05, 0) is 73.5 Å². The second-order valence-electron chi connectivity index (χ2n) is 11.1. The predicted molar refractivity (Wildman–Crippen MR) is 181 cm³/mol. The lowest BCUT2D eigenvalue weighted by atomic mass is 10.1. The van der Waals surface area contributed by atoms with Crippen LogP contribution in [0.1, 0.15) is 42.0 Å². The Morgan fingerprint density at radius 1 is 0.979 bits per heavy atom. The molecule has 0 saturated carbocycles. The van der Waals surface area contributed by atoms with Crippen LogP contribution >= 0.6 is 23.1 Å². The van der Waals surface area contributed by atoms with Crippen molar-refractivity contribution in [2.75, 3.05) is 44.3 Å². The van der Waals surface area contributed by atoms with Crippen LogP contribution in [0.5, 0.6) is 11.5 Å². The van der Waals surface area contributed by atoms with Crippen molar-refractivity contribution in [3.63, 3.8) is 0 Å². The number of thioether (sulfide) groups is 1. The third kappa shape index (κ3) is 9.42. The predicted octanol–water partition coefficient (Wildman–Crippen LogP) is 8.26. The van der Waals surface area contributed by atoms with Crippen molar-refractivity contribution in [2.45, 2.75) is 50.1 Å². The highest BCUT2D eigenvalue weighted by atomic mass is 32.2. The highest BCUT2D eigenvalue weighted by molar-refractivity contribution is 7.98. The molecule has 1 fully saturated rings. The van der Waals surface area contributed by atoms with Gasteiger partial charge in [-0.15, -0.1) is 23.1 Å². The normalized spacial score (nSPS) is 13.9. The van der Waals surface area contributed by atoms with E-state index in [2.05, 4.69) is 28.9 Å². The van der Waals surface area contributed by atoms with E-state index in [-0.39, 0.29) is 0 Å². The molecule has 1 aliphatic rings. The summed E-state index contributed by atoms with van der Waals surface area (Å²) in [5.41, 5.74) is 3.02. The monoisotopic (exact) mass is 685 g/mol. The summed E-state index contributed by atoms with van der Waals surface area (Å²) in [5.74, 6) is 1.05. The number of carbonyl (C=O) groups is 1. The first kappa shape index (κ1) is 34.6. The van der Waals surface area contributed by atoms with Crippen LogP contribution in [0.4, 0.5) is 18.9 Å². The third-order valence-corrected chi connectivity index (χ3v) is 10.1. The molecule has 1 aromatic heterocycles. The highest BCUT2D eigenvalue weighted by Gasteiger charge is 2.30. The molecule has 12 heteroatoms. The molecule has 250 valence electrons. The fourth-order valence-electron chi connectivity index (χ4n) is 5.38. The number of anilines is 1. The van der Waals surface area contributed by atoms with Crippen molar-refractivity contribution < 1.29 is 32.5 Å². The zero-order valence-electron chi connectivity index (χ0n) is 26.4. The number of piperazine rings is 1. The lowest BCUT2D eigenvalue weighted by Gasteiger charge is -2.36. The lowest BCUT2D eigenvalue weighted by Crippen LogP contribution is -2.46. The summed E-state index contributed by atoms with van der Waals surface area (Å²) in [6, 6.07) is 19.2. The summed E-state index contributed by atoms with van der Waals surface area (Å²) >= 11 is 3.17. The minimum atomic E-state index is -4.40. The van der Waals surface area contributed by atoms with Gasteiger partial charge in [0.25, 0.3) is 0 Å². The first-order chi connectivity index (χ1) is 22.6. The molecule has 0 unspecified atom stereocenters. The van der Waals surface area contributed by atoms with E-state index in [1.54, 1.807) is 11.8 Å². The molecule has 0 bridgehead atoms. The Labute approximate surface area is 281 Å². The van der Waals surface area contributed by atoms with Crippen molar-refractivity contribution in [1.29, 1.82) is 0 Å². The fourth-order valence-corrected chi connectivity index (χ4v) is 7.52. The maximum atomic E-state index is 13.2. The minimum Gasteiger partial charge on any atom is -0.494 e. The summed E-state index contributed by atoms with van der Waals surface area (Å²) in [7, 11) is 0. The van der Waals surface area contributed by atoms with Gasteiger partial charge in [-0.2, -0.15) is 13.2 Å². The number of hydrogen-bond donors (Lipinski definition) is 1. The first-order valence-electron chi connectivity index (χ1n) is 15.6.